The van der Waals surface area contributed by atoms with Crippen molar-refractivity contribution in [3.8, 4) is 17.2 Å². The lowest BCUT2D eigenvalue weighted by Crippen LogP contribution is -2.51. The van der Waals surface area contributed by atoms with Crippen LogP contribution in [0.2, 0.25) is 0 Å². The van der Waals surface area contributed by atoms with Crippen LogP contribution in [-0.4, -0.2) is 51.6 Å². The van der Waals surface area contributed by atoms with E-state index in [-0.39, 0.29) is 12.0 Å². The van der Waals surface area contributed by atoms with Gasteiger partial charge in [-0.25, -0.2) is 24.9 Å². The van der Waals surface area contributed by atoms with Crippen molar-refractivity contribution >= 4 is 22.8 Å². The molecule has 3 aliphatic carbocycles. The molecular weight excluding hydrogens is 408 g/mol. The fourth-order valence-corrected chi connectivity index (χ4v) is 5.38. The average molecular weight is 430 g/mol. The third-order valence-electron chi connectivity index (χ3n) is 6.90. The topological polar surface area (TPSA) is 134 Å². The van der Waals surface area contributed by atoms with E-state index in [0.29, 0.717) is 29.0 Å². The molecule has 3 fully saturated rings. The van der Waals surface area contributed by atoms with Crippen LogP contribution in [0.25, 0.3) is 28.2 Å². The molecule has 0 amide bonds. The Labute approximate surface area is 183 Å². The van der Waals surface area contributed by atoms with Gasteiger partial charge < -0.3 is 15.4 Å². The molecule has 0 saturated heterocycles. The van der Waals surface area contributed by atoms with Crippen LogP contribution in [0.3, 0.4) is 0 Å². The van der Waals surface area contributed by atoms with Gasteiger partial charge in [0.2, 0.25) is 0 Å². The number of aromatic nitrogens is 7. The van der Waals surface area contributed by atoms with Gasteiger partial charge in [-0.3, -0.25) is 9.36 Å². The second kappa shape index (κ2) is 7.40. The van der Waals surface area contributed by atoms with Gasteiger partial charge in [-0.2, -0.15) is 0 Å². The minimum Gasteiger partial charge on any atom is -0.481 e. The van der Waals surface area contributed by atoms with Crippen LogP contribution < -0.4 is 5.32 Å². The van der Waals surface area contributed by atoms with E-state index in [2.05, 4.69) is 25.3 Å². The van der Waals surface area contributed by atoms with Crippen LogP contribution in [0, 0.1) is 17.8 Å². The number of carboxylic acids is 1. The first kappa shape index (κ1) is 18.9. The maximum atomic E-state index is 12.1. The molecule has 0 aliphatic heterocycles. The summed E-state index contributed by atoms with van der Waals surface area (Å²) in [6.45, 7) is 0. The van der Waals surface area contributed by atoms with Crippen LogP contribution >= 0.6 is 0 Å². The smallest absolute Gasteiger partial charge is 0.308 e. The van der Waals surface area contributed by atoms with Crippen LogP contribution in [0.4, 0.5) is 5.82 Å². The molecule has 0 spiro atoms. The molecule has 4 aromatic heterocycles. The van der Waals surface area contributed by atoms with Gasteiger partial charge >= 0.3 is 5.97 Å². The Morgan fingerprint density at radius 1 is 1.16 bits per heavy atom. The predicted molar refractivity (Wildman–Crippen MR) is 116 cm³/mol. The molecule has 3 saturated carbocycles. The van der Waals surface area contributed by atoms with E-state index >= 15 is 0 Å². The van der Waals surface area contributed by atoms with Crippen LogP contribution in [0.5, 0.6) is 0 Å². The number of anilines is 1. The number of carboxylic acid groups (broad SMARTS) is 1. The molecule has 10 nitrogen and oxygen atoms in total. The van der Waals surface area contributed by atoms with Gasteiger partial charge in [0.25, 0.3) is 0 Å². The SMILES string of the molecule is O=C(O)C1C2CCC(CC2)C1Nc1cc(-n2ccnc2)nc(-c2c[nH]c3ncncc23)n1. The lowest BCUT2D eigenvalue weighted by Gasteiger charge is -2.47. The van der Waals surface area contributed by atoms with E-state index in [1.54, 1.807) is 18.7 Å². The number of hydrogen-bond acceptors (Lipinski definition) is 7. The quantitative estimate of drug-likeness (QED) is 0.440. The summed E-state index contributed by atoms with van der Waals surface area (Å²) < 4.78 is 1.81. The molecule has 3 N–H and O–H groups in total. The first-order valence-electron chi connectivity index (χ1n) is 10.8. The van der Waals surface area contributed by atoms with Crippen LogP contribution in [0.1, 0.15) is 25.7 Å². The van der Waals surface area contributed by atoms with Gasteiger partial charge in [0.1, 0.15) is 29.9 Å². The normalized spacial score (nSPS) is 24.6. The third-order valence-corrected chi connectivity index (χ3v) is 6.90. The molecule has 32 heavy (non-hydrogen) atoms. The van der Waals surface area contributed by atoms with Crippen molar-refractivity contribution < 1.29 is 9.90 Å². The molecule has 162 valence electrons. The van der Waals surface area contributed by atoms with E-state index in [9.17, 15) is 9.90 Å². The van der Waals surface area contributed by atoms with E-state index in [1.807, 2.05) is 23.0 Å². The fourth-order valence-electron chi connectivity index (χ4n) is 5.38. The Morgan fingerprint density at radius 2 is 2.00 bits per heavy atom. The van der Waals surface area contributed by atoms with E-state index in [1.165, 1.54) is 6.33 Å². The summed E-state index contributed by atoms with van der Waals surface area (Å²) >= 11 is 0. The number of imidazole rings is 1. The third kappa shape index (κ3) is 3.10. The first-order chi connectivity index (χ1) is 15.7. The molecule has 3 aliphatic rings. The number of hydrogen-bond donors (Lipinski definition) is 3. The van der Waals surface area contributed by atoms with Crippen molar-refractivity contribution in [2.24, 2.45) is 17.8 Å². The van der Waals surface area contributed by atoms with Gasteiger partial charge in [-0.15, -0.1) is 0 Å². The number of nitrogens with one attached hydrogen (secondary N) is 2. The van der Waals surface area contributed by atoms with E-state index < -0.39 is 11.9 Å². The lowest BCUT2D eigenvalue weighted by molar-refractivity contribution is -0.148. The highest BCUT2D eigenvalue weighted by atomic mass is 16.4. The van der Waals surface area contributed by atoms with Gasteiger partial charge in [0.15, 0.2) is 5.82 Å². The highest BCUT2D eigenvalue weighted by Crippen LogP contribution is 2.46. The van der Waals surface area contributed by atoms with Crippen molar-refractivity contribution in [3.05, 3.63) is 43.5 Å². The maximum Gasteiger partial charge on any atom is 0.308 e. The molecule has 4 aromatic rings. The maximum absolute atomic E-state index is 12.1. The Balaban J connectivity index is 1.44. The average Bonchev–Trinajstić information content (AvgIpc) is 3.50. The minimum atomic E-state index is -0.727. The molecule has 0 radical (unpaired) electrons. The van der Waals surface area contributed by atoms with Gasteiger partial charge in [-0.05, 0) is 37.5 Å². The molecule has 2 atom stereocenters. The standard InChI is InChI=1S/C22H22N8O2/c31-22(32)18-12-1-3-13(4-2-12)19(18)27-16-7-17(30-6-5-23-11-30)29-21(28-16)15-9-25-20-14(15)8-24-10-26-20/h5-13,18-19H,1-4H2,(H,31,32)(H,24,25,26)(H,27,28,29). The molecule has 2 bridgehead atoms. The minimum absolute atomic E-state index is 0.148. The number of aliphatic carboxylic acids is 1. The number of aromatic amines is 1. The Kier molecular flexibility index (Phi) is 4.37. The zero-order valence-corrected chi connectivity index (χ0v) is 17.2. The second-order valence-corrected chi connectivity index (χ2v) is 8.60. The van der Waals surface area contributed by atoms with E-state index in [0.717, 1.165) is 36.6 Å². The number of rotatable bonds is 5. The Bertz CT molecular complexity index is 1280. The number of nitrogens with zero attached hydrogens (tertiary/aromatic N) is 6. The Morgan fingerprint density at radius 3 is 2.78 bits per heavy atom. The monoisotopic (exact) mass is 430 g/mol. The molecule has 4 heterocycles. The summed E-state index contributed by atoms with van der Waals surface area (Å²) in [7, 11) is 0. The van der Waals surface area contributed by atoms with Crippen LogP contribution in [-0.2, 0) is 4.79 Å². The largest absolute Gasteiger partial charge is 0.481 e. The highest BCUT2D eigenvalue weighted by molar-refractivity contribution is 5.91. The van der Waals surface area contributed by atoms with Crippen LogP contribution in [0.15, 0.2) is 43.5 Å². The zero-order valence-electron chi connectivity index (χ0n) is 17.2. The summed E-state index contributed by atoms with van der Waals surface area (Å²) in [4.78, 5) is 37.3. The number of H-pyrrole nitrogens is 1. The van der Waals surface area contributed by atoms with Gasteiger partial charge in [-0.1, -0.05) is 0 Å². The van der Waals surface area contributed by atoms with Crippen molar-refractivity contribution in [2.75, 3.05) is 5.32 Å². The molecule has 7 rings (SSSR count). The molecule has 10 heteroatoms. The predicted octanol–water partition coefficient (Wildman–Crippen LogP) is 2.90. The van der Waals surface area contributed by atoms with Crippen molar-refractivity contribution in [2.45, 2.75) is 31.7 Å². The highest BCUT2D eigenvalue weighted by Gasteiger charge is 2.47. The number of fused-ring (bicyclic) bond motifs is 4. The van der Waals surface area contributed by atoms with Crippen molar-refractivity contribution in [1.82, 2.24) is 34.5 Å². The van der Waals surface area contributed by atoms with Crippen molar-refractivity contribution in [1.29, 1.82) is 0 Å². The lowest BCUT2D eigenvalue weighted by atomic mass is 9.61. The first-order valence-corrected chi connectivity index (χ1v) is 10.8. The summed E-state index contributed by atoms with van der Waals surface area (Å²) in [6.07, 6.45) is 14.3. The van der Waals surface area contributed by atoms with Gasteiger partial charge in [0.05, 0.1) is 5.92 Å². The second-order valence-electron chi connectivity index (χ2n) is 8.60. The summed E-state index contributed by atoms with van der Waals surface area (Å²) in [5, 5.41) is 14.2. The van der Waals surface area contributed by atoms with Gasteiger partial charge in [0, 0.05) is 47.8 Å². The summed E-state index contributed by atoms with van der Waals surface area (Å²) in [5.74, 6) is 1.18. The molecule has 2 unspecified atom stereocenters. The van der Waals surface area contributed by atoms with E-state index in [4.69, 9.17) is 9.97 Å². The summed E-state index contributed by atoms with van der Waals surface area (Å²) in [5.41, 5.74) is 1.49. The summed E-state index contributed by atoms with van der Waals surface area (Å²) in [6, 6.07) is 1.70. The zero-order chi connectivity index (χ0) is 21.7. The van der Waals surface area contributed by atoms with Crippen molar-refractivity contribution in [3.63, 3.8) is 0 Å². The molecular formula is C22H22N8O2. The Hall–Kier alpha value is -3.82. The number of carbonyl (C=O) groups is 1. The fraction of sp³-hybridized carbons (Fsp3) is 0.364. The molecule has 0 aromatic carbocycles.